The summed E-state index contributed by atoms with van der Waals surface area (Å²) in [6.07, 6.45) is 0. The van der Waals surface area contributed by atoms with Crippen LogP contribution in [0.15, 0.2) is 43.9 Å². The molecule has 2 heterocycles. The smallest absolute Gasteiger partial charge is 0.230 e. The van der Waals surface area contributed by atoms with Crippen LogP contribution < -0.4 is 5.73 Å². The molecule has 1 aromatic carbocycles. The molecule has 0 atom stereocenters. The zero-order valence-electron chi connectivity index (χ0n) is 9.86. The summed E-state index contributed by atoms with van der Waals surface area (Å²) in [5.41, 5.74) is 6.58. The SMILES string of the molecule is Nc1onc(-c2ccc(Br)o2)c1-c1cccc(Cl)c1F. The Labute approximate surface area is 126 Å². The number of hydrogen-bond donors (Lipinski definition) is 1. The molecule has 0 radical (unpaired) electrons. The predicted molar refractivity (Wildman–Crippen MR) is 76.7 cm³/mol. The maximum atomic E-state index is 14.1. The van der Waals surface area contributed by atoms with Crippen LogP contribution in [0, 0.1) is 5.82 Å². The molecule has 0 aliphatic carbocycles. The van der Waals surface area contributed by atoms with Crippen LogP contribution in [0.2, 0.25) is 5.02 Å². The van der Waals surface area contributed by atoms with Gasteiger partial charge in [-0.2, -0.15) is 0 Å². The first-order valence-corrected chi connectivity index (χ1v) is 6.70. The van der Waals surface area contributed by atoms with Gasteiger partial charge in [-0.1, -0.05) is 28.9 Å². The summed E-state index contributed by atoms with van der Waals surface area (Å²) in [7, 11) is 0. The molecule has 0 amide bonds. The number of aromatic nitrogens is 1. The van der Waals surface area contributed by atoms with Crippen molar-refractivity contribution in [2.45, 2.75) is 0 Å². The molecule has 0 unspecified atom stereocenters. The Bertz CT molecular complexity index is 785. The lowest BCUT2D eigenvalue weighted by atomic mass is 10.0. The molecule has 0 saturated heterocycles. The maximum absolute atomic E-state index is 14.1. The fourth-order valence-corrected chi connectivity index (χ4v) is 2.35. The van der Waals surface area contributed by atoms with Crippen molar-refractivity contribution in [3.05, 3.63) is 45.8 Å². The van der Waals surface area contributed by atoms with Crippen molar-refractivity contribution >= 4 is 33.4 Å². The zero-order chi connectivity index (χ0) is 14.3. The topological polar surface area (TPSA) is 65.2 Å². The van der Waals surface area contributed by atoms with Crippen molar-refractivity contribution in [2.75, 3.05) is 5.73 Å². The van der Waals surface area contributed by atoms with Gasteiger partial charge in [-0.3, -0.25) is 0 Å². The molecule has 0 fully saturated rings. The largest absolute Gasteiger partial charge is 0.448 e. The van der Waals surface area contributed by atoms with Crippen LogP contribution in [0.4, 0.5) is 10.3 Å². The fourth-order valence-electron chi connectivity index (χ4n) is 1.87. The van der Waals surface area contributed by atoms with E-state index in [0.29, 0.717) is 21.7 Å². The van der Waals surface area contributed by atoms with Gasteiger partial charge in [0.25, 0.3) is 0 Å². The summed E-state index contributed by atoms with van der Waals surface area (Å²) in [6.45, 7) is 0. The lowest BCUT2D eigenvalue weighted by Gasteiger charge is -2.04. The van der Waals surface area contributed by atoms with E-state index < -0.39 is 5.82 Å². The first-order chi connectivity index (χ1) is 9.58. The maximum Gasteiger partial charge on any atom is 0.230 e. The third-order valence-corrected chi connectivity index (χ3v) is 3.46. The first kappa shape index (κ1) is 13.2. The molecule has 0 aliphatic rings. The first-order valence-electron chi connectivity index (χ1n) is 5.53. The van der Waals surface area contributed by atoms with Crippen LogP contribution in [0.1, 0.15) is 0 Å². The van der Waals surface area contributed by atoms with Gasteiger partial charge in [0.2, 0.25) is 5.88 Å². The van der Waals surface area contributed by atoms with Crippen molar-refractivity contribution in [3.63, 3.8) is 0 Å². The van der Waals surface area contributed by atoms with Crippen molar-refractivity contribution in [3.8, 4) is 22.6 Å². The highest BCUT2D eigenvalue weighted by Gasteiger charge is 2.23. The van der Waals surface area contributed by atoms with Crippen LogP contribution >= 0.6 is 27.5 Å². The average molecular weight is 358 g/mol. The van der Waals surface area contributed by atoms with Gasteiger partial charge in [-0.15, -0.1) is 0 Å². The second kappa shape index (κ2) is 4.96. The van der Waals surface area contributed by atoms with Gasteiger partial charge >= 0.3 is 0 Å². The van der Waals surface area contributed by atoms with E-state index in [2.05, 4.69) is 21.1 Å². The van der Waals surface area contributed by atoms with Crippen molar-refractivity contribution in [2.24, 2.45) is 0 Å². The minimum absolute atomic E-state index is 0.00493. The number of anilines is 1. The molecule has 0 saturated carbocycles. The minimum atomic E-state index is -0.587. The van der Waals surface area contributed by atoms with Gasteiger partial charge in [-0.25, -0.2) is 4.39 Å². The summed E-state index contributed by atoms with van der Waals surface area (Å²) >= 11 is 8.98. The molecule has 2 aromatic heterocycles. The lowest BCUT2D eigenvalue weighted by molar-refractivity contribution is 0.435. The lowest BCUT2D eigenvalue weighted by Crippen LogP contribution is -1.91. The zero-order valence-corrected chi connectivity index (χ0v) is 12.2. The van der Waals surface area contributed by atoms with Gasteiger partial charge in [0.1, 0.15) is 5.82 Å². The molecular weight excluding hydrogens is 351 g/mol. The summed E-state index contributed by atoms with van der Waals surface area (Å²) in [5, 5.41) is 3.82. The molecule has 3 aromatic rings. The van der Waals surface area contributed by atoms with Gasteiger partial charge in [0.15, 0.2) is 16.1 Å². The highest BCUT2D eigenvalue weighted by molar-refractivity contribution is 9.10. The Hall–Kier alpha value is -1.79. The van der Waals surface area contributed by atoms with Gasteiger partial charge < -0.3 is 14.7 Å². The van der Waals surface area contributed by atoms with E-state index in [9.17, 15) is 4.39 Å². The van der Waals surface area contributed by atoms with Gasteiger partial charge in [0.05, 0.1) is 10.6 Å². The number of nitrogens with two attached hydrogens (primary N) is 1. The normalized spacial score (nSPS) is 10.9. The summed E-state index contributed by atoms with van der Waals surface area (Å²) in [5.74, 6) is -0.184. The Kier molecular flexibility index (Phi) is 3.27. The molecule has 20 heavy (non-hydrogen) atoms. The summed E-state index contributed by atoms with van der Waals surface area (Å²) in [6, 6.07) is 7.99. The van der Waals surface area contributed by atoms with E-state index in [0.717, 1.165) is 0 Å². The van der Waals surface area contributed by atoms with Crippen molar-refractivity contribution in [1.82, 2.24) is 5.16 Å². The van der Waals surface area contributed by atoms with E-state index in [1.54, 1.807) is 24.3 Å². The Morgan fingerprint density at radius 3 is 2.75 bits per heavy atom. The summed E-state index contributed by atoms with van der Waals surface area (Å²) < 4.78 is 25.0. The fraction of sp³-hybridized carbons (Fsp3) is 0. The number of nitrogen functional groups attached to an aromatic ring is 1. The van der Waals surface area contributed by atoms with Crippen LogP contribution in [0.3, 0.4) is 0 Å². The Morgan fingerprint density at radius 1 is 1.25 bits per heavy atom. The number of rotatable bonds is 2. The van der Waals surface area contributed by atoms with E-state index in [1.807, 2.05) is 0 Å². The minimum Gasteiger partial charge on any atom is -0.448 e. The molecule has 102 valence electrons. The predicted octanol–water partition coefficient (Wildman–Crippen LogP) is 4.74. The number of halogens is 3. The molecule has 4 nitrogen and oxygen atoms in total. The number of benzene rings is 1. The van der Waals surface area contributed by atoms with Gasteiger partial charge in [-0.05, 0) is 34.1 Å². The quantitative estimate of drug-likeness (QED) is 0.719. The number of furan rings is 1. The standard InChI is InChI=1S/C13H7BrClFN2O2/c14-9-5-4-8(19-9)12-10(13(17)20-18-12)6-2-1-3-7(15)11(6)16/h1-5H,17H2. The Balaban J connectivity index is 2.24. The van der Waals surface area contributed by atoms with E-state index in [1.165, 1.54) is 6.07 Å². The highest BCUT2D eigenvalue weighted by atomic mass is 79.9. The van der Waals surface area contributed by atoms with E-state index in [-0.39, 0.29) is 16.5 Å². The Morgan fingerprint density at radius 2 is 2.05 bits per heavy atom. The molecular formula is C13H7BrClFN2O2. The summed E-state index contributed by atoms with van der Waals surface area (Å²) in [4.78, 5) is 0. The number of hydrogen-bond acceptors (Lipinski definition) is 4. The molecule has 0 aliphatic heterocycles. The second-order valence-electron chi connectivity index (χ2n) is 3.98. The molecule has 0 bridgehead atoms. The third-order valence-electron chi connectivity index (χ3n) is 2.75. The van der Waals surface area contributed by atoms with Crippen LogP contribution in [-0.2, 0) is 0 Å². The van der Waals surface area contributed by atoms with E-state index >= 15 is 0 Å². The molecule has 3 rings (SSSR count). The molecule has 7 heteroatoms. The van der Waals surface area contributed by atoms with Crippen LogP contribution in [0.5, 0.6) is 0 Å². The van der Waals surface area contributed by atoms with E-state index in [4.69, 9.17) is 26.3 Å². The highest BCUT2D eigenvalue weighted by Crippen LogP contribution is 2.39. The average Bonchev–Trinajstić information content (AvgIpc) is 2.99. The van der Waals surface area contributed by atoms with Crippen molar-refractivity contribution in [1.29, 1.82) is 0 Å². The second-order valence-corrected chi connectivity index (χ2v) is 5.16. The monoisotopic (exact) mass is 356 g/mol. The van der Waals surface area contributed by atoms with Gasteiger partial charge in [0, 0.05) is 5.56 Å². The molecule has 0 spiro atoms. The molecule has 2 N–H and O–H groups in total. The third kappa shape index (κ3) is 2.10. The van der Waals surface area contributed by atoms with Crippen molar-refractivity contribution < 1.29 is 13.3 Å². The van der Waals surface area contributed by atoms with Crippen LogP contribution in [-0.4, -0.2) is 5.16 Å². The van der Waals surface area contributed by atoms with Crippen LogP contribution in [0.25, 0.3) is 22.6 Å². The number of nitrogens with zero attached hydrogens (tertiary/aromatic N) is 1.